The molecule has 0 aromatic rings. The van der Waals surface area contributed by atoms with Gasteiger partial charge in [0, 0.05) is 6.54 Å². The standard InChI is InChI=1S/C10H16N2O5/c1-2-7-16-17-10(15)12-6-4-3-5-8(11)9(13)14/h1,8H,3-7,11H2,(H,12,15)(H,13,14)/t8-/m0/s1. The maximum atomic E-state index is 10.9. The Labute approximate surface area is 99.2 Å². The van der Waals surface area contributed by atoms with Crippen LogP contribution in [-0.2, 0) is 14.6 Å². The summed E-state index contributed by atoms with van der Waals surface area (Å²) >= 11 is 0. The Kier molecular flexibility index (Phi) is 8.46. The van der Waals surface area contributed by atoms with E-state index in [1.165, 1.54) is 0 Å². The summed E-state index contributed by atoms with van der Waals surface area (Å²) in [5, 5.41) is 10.9. The molecule has 0 saturated heterocycles. The van der Waals surface area contributed by atoms with Gasteiger partial charge in [-0.25, -0.2) is 4.79 Å². The van der Waals surface area contributed by atoms with Gasteiger partial charge < -0.3 is 16.2 Å². The Bertz CT molecular complexity index is 287. The number of carboxylic acids is 1. The summed E-state index contributed by atoms with van der Waals surface area (Å²) in [6, 6.07) is -0.860. The molecular weight excluding hydrogens is 228 g/mol. The molecule has 0 aromatic heterocycles. The fourth-order valence-corrected chi connectivity index (χ4v) is 0.950. The second kappa shape index (κ2) is 9.45. The van der Waals surface area contributed by atoms with Gasteiger partial charge in [0.1, 0.15) is 6.04 Å². The first-order valence-corrected chi connectivity index (χ1v) is 5.07. The van der Waals surface area contributed by atoms with Gasteiger partial charge in [0.25, 0.3) is 0 Å². The molecule has 0 aliphatic heterocycles. The number of nitrogens with one attached hydrogen (secondary N) is 1. The lowest BCUT2D eigenvalue weighted by molar-refractivity contribution is -0.226. The van der Waals surface area contributed by atoms with Crippen molar-refractivity contribution in [2.24, 2.45) is 5.73 Å². The highest BCUT2D eigenvalue weighted by atomic mass is 17.2. The van der Waals surface area contributed by atoms with Crippen LogP contribution in [0.5, 0.6) is 0 Å². The van der Waals surface area contributed by atoms with Crippen molar-refractivity contribution in [3.8, 4) is 12.3 Å². The van der Waals surface area contributed by atoms with E-state index in [1.807, 2.05) is 0 Å². The number of amides is 1. The normalized spacial score (nSPS) is 11.3. The van der Waals surface area contributed by atoms with Crippen LogP contribution in [0.15, 0.2) is 0 Å². The average Bonchev–Trinajstić information content (AvgIpc) is 2.28. The van der Waals surface area contributed by atoms with Crippen LogP contribution < -0.4 is 11.1 Å². The molecule has 1 atom stereocenters. The van der Waals surface area contributed by atoms with Gasteiger partial charge in [-0.15, -0.1) is 6.42 Å². The van der Waals surface area contributed by atoms with Crippen LogP contribution in [0.4, 0.5) is 4.79 Å². The summed E-state index contributed by atoms with van der Waals surface area (Å²) in [4.78, 5) is 29.8. The maximum Gasteiger partial charge on any atom is 0.438 e. The molecule has 17 heavy (non-hydrogen) atoms. The number of carbonyl (C=O) groups excluding carboxylic acids is 1. The molecule has 0 fully saturated rings. The van der Waals surface area contributed by atoms with Gasteiger partial charge >= 0.3 is 12.1 Å². The Morgan fingerprint density at radius 1 is 1.47 bits per heavy atom. The van der Waals surface area contributed by atoms with Gasteiger partial charge in [-0.1, -0.05) is 5.92 Å². The van der Waals surface area contributed by atoms with Gasteiger partial charge in [0.2, 0.25) is 0 Å². The van der Waals surface area contributed by atoms with E-state index < -0.39 is 18.1 Å². The molecule has 1 amide bonds. The molecule has 0 aliphatic carbocycles. The average molecular weight is 244 g/mol. The summed E-state index contributed by atoms with van der Waals surface area (Å²) < 4.78 is 0. The van der Waals surface area contributed by atoms with E-state index in [-0.39, 0.29) is 6.61 Å². The van der Waals surface area contributed by atoms with E-state index in [4.69, 9.17) is 17.3 Å². The Morgan fingerprint density at radius 2 is 2.18 bits per heavy atom. The van der Waals surface area contributed by atoms with Crippen molar-refractivity contribution in [1.29, 1.82) is 0 Å². The zero-order valence-electron chi connectivity index (χ0n) is 9.35. The number of hydrogen-bond acceptors (Lipinski definition) is 5. The third-order valence-corrected chi connectivity index (χ3v) is 1.81. The minimum atomic E-state index is -1.03. The van der Waals surface area contributed by atoms with Crippen LogP contribution in [0.3, 0.4) is 0 Å². The molecule has 0 bridgehead atoms. The smallest absolute Gasteiger partial charge is 0.438 e. The Hall–Kier alpha value is -1.78. The molecule has 0 rings (SSSR count). The quantitative estimate of drug-likeness (QED) is 0.237. The lowest BCUT2D eigenvalue weighted by Crippen LogP contribution is -2.30. The third-order valence-electron chi connectivity index (χ3n) is 1.81. The topological polar surface area (TPSA) is 111 Å². The predicted molar refractivity (Wildman–Crippen MR) is 58.7 cm³/mol. The minimum Gasteiger partial charge on any atom is -0.480 e. The van der Waals surface area contributed by atoms with E-state index in [9.17, 15) is 9.59 Å². The lowest BCUT2D eigenvalue weighted by Gasteiger charge is -2.06. The summed E-state index contributed by atoms with van der Waals surface area (Å²) in [6.45, 7) is 0.242. The van der Waals surface area contributed by atoms with E-state index in [0.717, 1.165) is 0 Å². The van der Waals surface area contributed by atoms with Gasteiger partial charge in [-0.05, 0) is 19.3 Å². The first kappa shape index (κ1) is 15.2. The molecular formula is C10H16N2O5. The van der Waals surface area contributed by atoms with Crippen LogP contribution >= 0.6 is 0 Å². The van der Waals surface area contributed by atoms with Crippen molar-refractivity contribution >= 4 is 12.1 Å². The molecule has 0 unspecified atom stereocenters. The van der Waals surface area contributed by atoms with Crippen LogP contribution in [0.25, 0.3) is 0 Å². The van der Waals surface area contributed by atoms with E-state index in [0.29, 0.717) is 25.8 Å². The zero-order valence-corrected chi connectivity index (χ0v) is 9.35. The monoisotopic (exact) mass is 244 g/mol. The number of carbonyl (C=O) groups is 2. The highest BCUT2D eigenvalue weighted by molar-refractivity contribution is 5.72. The first-order valence-electron chi connectivity index (χ1n) is 5.07. The number of carboxylic acid groups (broad SMARTS) is 1. The van der Waals surface area contributed by atoms with E-state index >= 15 is 0 Å². The molecule has 7 heteroatoms. The van der Waals surface area contributed by atoms with Gasteiger partial charge in [0.15, 0.2) is 6.61 Å². The SMILES string of the molecule is C#CCOOC(=O)NCCCC[C@H](N)C(=O)O. The van der Waals surface area contributed by atoms with Gasteiger partial charge in [-0.3, -0.25) is 9.68 Å². The summed E-state index contributed by atoms with van der Waals surface area (Å²) in [5.41, 5.74) is 5.29. The highest BCUT2D eigenvalue weighted by Gasteiger charge is 2.10. The fourth-order valence-electron chi connectivity index (χ4n) is 0.950. The van der Waals surface area contributed by atoms with Crippen molar-refractivity contribution in [1.82, 2.24) is 5.32 Å². The number of aliphatic carboxylic acids is 1. The van der Waals surface area contributed by atoms with Crippen LogP contribution in [0, 0.1) is 12.3 Å². The summed E-state index contributed by atoms with van der Waals surface area (Å²) in [5.74, 6) is 1.10. The molecule has 0 saturated carbocycles. The second-order valence-corrected chi connectivity index (χ2v) is 3.20. The largest absolute Gasteiger partial charge is 0.480 e. The number of hydrogen-bond donors (Lipinski definition) is 3. The number of unbranched alkanes of at least 4 members (excludes halogenated alkanes) is 1. The molecule has 0 heterocycles. The maximum absolute atomic E-state index is 10.9. The molecule has 7 nitrogen and oxygen atoms in total. The molecule has 4 N–H and O–H groups in total. The minimum absolute atomic E-state index is 0.110. The van der Waals surface area contributed by atoms with Crippen LogP contribution in [0.1, 0.15) is 19.3 Å². The summed E-state index contributed by atoms with van der Waals surface area (Å²) in [6.07, 6.45) is 5.69. The lowest BCUT2D eigenvalue weighted by atomic mass is 10.1. The fraction of sp³-hybridized carbons (Fsp3) is 0.600. The van der Waals surface area contributed by atoms with Crippen molar-refractivity contribution < 1.29 is 24.5 Å². The predicted octanol–water partition coefficient (Wildman–Crippen LogP) is -0.140. The van der Waals surface area contributed by atoms with E-state index in [1.54, 1.807) is 0 Å². The summed E-state index contributed by atoms with van der Waals surface area (Å²) in [7, 11) is 0. The van der Waals surface area contributed by atoms with Crippen LogP contribution in [0.2, 0.25) is 0 Å². The molecule has 0 aromatic carbocycles. The van der Waals surface area contributed by atoms with Gasteiger partial charge in [-0.2, -0.15) is 4.89 Å². The molecule has 0 spiro atoms. The van der Waals surface area contributed by atoms with Crippen molar-refractivity contribution in [3.63, 3.8) is 0 Å². The highest BCUT2D eigenvalue weighted by Crippen LogP contribution is 1.98. The Balaban J connectivity index is 3.36. The third kappa shape index (κ3) is 9.17. The zero-order chi connectivity index (χ0) is 13.1. The molecule has 96 valence electrons. The van der Waals surface area contributed by atoms with Gasteiger partial charge in [0.05, 0.1) is 0 Å². The molecule has 0 radical (unpaired) electrons. The van der Waals surface area contributed by atoms with Crippen LogP contribution in [-0.4, -0.2) is 36.4 Å². The van der Waals surface area contributed by atoms with Crippen molar-refractivity contribution in [3.05, 3.63) is 0 Å². The van der Waals surface area contributed by atoms with E-state index in [2.05, 4.69) is 21.0 Å². The molecule has 0 aliphatic rings. The number of nitrogens with two attached hydrogens (primary N) is 1. The first-order chi connectivity index (χ1) is 8.07. The second-order valence-electron chi connectivity index (χ2n) is 3.20. The van der Waals surface area contributed by atoms with Crippen molar-refractivity contribution in [2.75, 3.05) is 13.2 Å². The van der Waals surface area contributed by atoms with Crippen molar-refractivity contribution in [2.45, 2.75) is 25.3 Å². The number of rotatable bonds is 8. The number of terminal acetylenes is 1. The Morgan fingerprint density at radius 3 is 2.76 bits per heavy atom.